The molecule has 0 saturated heterocycles. The summed E-state index contributed by atoms with van der Waals surface area (Å²) < 4.78 is 5.34. The van der Waals surface area contributed by atoms with E-state index in [2.05, 4.69) is 0 Å². The highest BCUT2D eigenvalue weighted by atomic mass is 16.3. The largest absolute Gasteiger partial charge is 0.468 e. The molecular weight excluding hydrogens is 192 g/mol. The molecule has 0 radical (unpaired) electrons. The smallest absolute Gasteiger partial charge is 0.122 e. The van der Waals surface area contributed by atoms with Crippen LogP contribution in [0.3, 0.4) is 0 Å². The van der Waals surface area contributed by atoms with E-state index in [1.807, 2.05) is 37.9 Å². The number of furan rings is 1. The molecular formula is C11H20N2O2. The van der Waals surface area contributed by atoms with Gasteiger partial charge in [-0.15, -0.1) is 0 Å². The van der Waals surface area contributed by atoms with Gasteiger partial charge in [0, 0.05) is 12.1 Å². The SMILES string of the molecule is CN(C(CN)c1ccco1)C(C)(C)CO. The Morgan fingerprint density at radius 3 is 2.67 bits per heavy atom. The van der Waals surface area contributed by atoms with Crippen LogP contribution < -0.4 is 5.73 Å². The Labute approximate surface area is 90.7 Å². The van der Waals surface area contributed by atoms with Gasteiger partial charge in [0.15, 0.2) is 0 Å². The summed E-state index contributed by atoms with van der Waals surface area (Å²) in [5.41, 5.74) is 5.42. The Morgan fingerprint density at radius 1 is 1.60 bits per heavy atom. The number of rotatable bonds is 5. The van der Waals surface area contributed by atoms with Crippen LogP contribution in [-0.4, -0.2) is 35.7 Å². The summed E-state index contributed by atoms with van der Waals surface area (Å²) in [6.45, 7) is 4.49. The van der Waals surface area contributed by atoms with Crippen molar-refractivity contribution in [1.29, 1.82) is 0 Å². The van der Waals surface area contributed by atoms with Crippen molar-refractivity contribution in [2.45, 2.75) is 25.4 Å². The number of likely N-dealkylation sites (N-methyl/N-ethyl adjacent to an activating group) is 1. The topological polar surface area (TPSA) is 62.6 Å². The van der Waals surface area contributed by atoms with Gasteiger partial charge in [-0.2, -0.15) is 0 Å². The zero-order valence-corrected chi connectivity index (χ0v) is 9.60. The van der Waals surface area contributed by atoms with Gasteiger partial charge in [0.05, 0.1) is 18.9 Å². The number of aliphatic hydroxyl groups excluding tert-OH is 1. The van der Waals surface area contributed by atoms with Crippen molar-refractivity contribution in [3.8, 4) is 0 Å². The third-order valence-corrected chi connectivity index (χ3v) is 2.90. The molecule has 3 N–H and O–H groups in total. The summed E-state index contributed by atoms with van der Waals surface area (Å²) >= 11 is 0. The summed E-state index contributed by atoms with van der Waals surface area (Å²) in [7, 11) is 1.94. The van der Waals surface area contributed by atoms with Crippen molar-refractivity contribution in [2.75, 3.05) is 20.2 Å². The van der Waals surface area contributed by atoms with E-state index in [1.165, 1.54) is 0 Å². The van der Waals surface area contributed by atoms with Crippen LogP contribution in [0.5, 0.6) is 0 Å². The highest BCUT2D eigenvalue weighted by molar-refractivity contribution is 5.06. The molecule has 0 aromatic carbocycles. The third-order valence-electron chi connectivity index (χ3n) is 2.90. The molecule has 15 heavy (non-hydrogen) atoms. The molecule has 0 spiro atoms. The maximum atomic E-state index is 9.29. The highest BCUT2D eigenvalue weighted by Crippen LogP contribution is 2.25. The fourth-order valence-electron chi connectivity index (χ4n) is 1.48. The summed E-state index contributed by atoms with van der Waals surface area (Å²) in [5.74, 6) is 0.835. The zero-order chi connectivity index (χ0) is 11.5. The zero-order valence-electron chi connectivity index (χ0n) is 9.60. The van der Waals surface area contributed by atoms with Crippen molar-refractivity contribution in [3.63, 3.8) is 0 Å². The average molecular weight is 212 g/mol. The number of aliphatic hydroxyl groups is 1. The number of hydrogen-bond acceptors (Lipinski definition) is 4. The van der Waals surface area contributed by atoms with E-state index in [0.717, 1.165) is 5.76 Å². The third kappa shape index (κ3) is 2.59. The maximum Gasteiger partial charge on any atom is 0.122 e. The average Bonchev–Trinajstić information content (AvgIpc) is 2.72. The minimum absolute atomic E-state index is 0.00199. The molecule has 1 aromatic heterocycles. The molecule has 1 atom stereocenters. The number of nitrogens with two attached hydrogens (primary N) is 1. The minimum atomic E-state index is -0.309. The lowest BCUT2D eigenvalue weighted by Gasteiger charge is -2.38. The van der Waals surface area contributed by atoms with Crippen molar-refractivity contribution in [3.05, 3.63) is 24.2 Å². The Kier molecular flexibility index (Phi) is 3.90. The van der Waals surface area contributed by atoms with Crippen LogP contribution >= 0.6 is 0 Å². The van der Waals surface area contributed by atoms with Crippen LogP contribution in [0, 0.1) is 0 Å². The molecule has 0 aliphatic carbocycles. The molecule has 1 heterocycles. The van der Waals surface area contributed by atoms with Crippen LogP contribution in [0.1, 0.15) is 25.6 Å². The van der Waals surface area contributed by atoms with E-state index in [9.17, 15) is 5.11 Å². The van der Waals surface area contributed by atoms with Gasteiger partial charge in [-0.1, -0.05) is 0 Å². The van der Waals surface area contributed by atoms with Crippen LogP contribution in [0.4, 0.5) is 0 Å². The van der Waals surface area contributed by atoms with Gasteiger partial charge in [-0.05, 0) is 33.0 Å². The van der Waals surface area contributed by atoms with Crippen molar-refractivity contribution in [2.24, 2.45) is 5.73 Å². The van der Waals surface area contributed by atoms with Gasteiger partial charge in [0.2, 0.25) is 0 Å². The summed E-state index contributed by atoms with van der Waals surface area (Å²) in [5, 5.41) is 9.29. The lowest BCUT2D eigenvalue weighted by atomic mass is 10.0. The van der Waals surface area contributed by atoms with Gasteiger partial charge in [-0.3, -0.25) is 4.90 Å². The Balaban J connectivity index is 2.84. The molecule has 4 nitrogen and oxygen atoms in total. The normalized spacial score (nSPS) is 14.5. The predicted octanol–water partition coefficient (Wildman–Crippen LogP) is 0.982. The standard InChI is InChI=1S/C11H20N2O2/c1-11(2,8-14)13(3)9(7-12)10-5-4-6-15-10/h4-6,9,14H,7-8,12H2,1-3H3. The molecule has 4 heteroatoms. The Hall–Kier alpha value is -0.840. The second-order valence-corrected chi connectivity index (χ2v) is 4.35. The van der Waals surface area contributed by atoms with Crippen molar-refractivity contribution in [1.82, 2.24) is 4.90 Å². The van der Waals surface area contributed by atoms with E-state index in [0.29, 0.717) is 6.54 Å². The van der Waals surface area contributed by atoms with Gasteiger partial charge < -0.3 is 15.3 Å². The van der Waals surface area contributed by atoms with E-state index >= 15 is 0 Å². The molecule has 1 rings (SSSR count). The van der Waals surface area contributed by atoms with E-state index in [-0.39, 0.29) is 18.2 Å². The molecule has 0 aliphatic rings. The first-order valence-electron chi connectivity index (χ1n) is 5.10. The lowest BCUT2D eigenvalue weighted by Crippen LogP contribution is -2.48. The van der Waals surface area contributed by atoms with Crippen LogP contribution in [0.15, 0.2) is 22.8 Å². The minimum Gasteiger partial charge on any atom is -0.468 e. The molecule has 86 valence electrons. The van der Waals surface area contributed by atoms with E-state index in [1.54, 1.807) is 6.26 Å². The molecule has 1 unspecified atom stereocenters. The Morgan fingerprint density at radius 2 is 2.27 bits per heavy atom. The Bertz CT molecular complexity index is 283. The van der Waals surface area contributed by atoms with Crippen LogP contribution in [0.25, 0.3) is 0 Å². The van der Waals surface area contributed by atoms with Gasteiger partial charge >= 0.3 is 0 Å². The molecule has 0 saturated carbocycles. The first-order chi connectivity index (χ1) is 7.03. The molecule has 0 amide bonds. The predicted molar refractivity (Wildman–Crippen MR) is 59.4 cm³/mol. The summed E-state index contributed by atoms with van der Waals surface area (Å²) in [6, 6.07) is 3.75. The monoisotopic (exact) mass is 212 g/mol. The molecule has 1 aromatic rings. The van der Waals surface area contributed by atoms with E-state index < -0.39 is 0 Å². The quantitative estimate of drug-likeness (QED) is 0.763. The second-order valence-electron chi connectivity index (χ2n) is 4.35. The van der Waals surface area contributed by atoms with Crippen molar-refractivity contribution >= 4 is 0 Å². The van der Waals surface area contributed by atoms with Crippen LogP contribution in [-0.2, 0) is 0 Å². The lowest BCUT2D eigenvalue weighted by molar-refractivity contribution is 0.0398. The molecule has 0 aliphatic heterocycles. The number of nitrogens with zero attached hydrogens (tertiary/aromatic N) is 1. The summed E-state index contributed by atoms with van der Waals surface area (Å²) in [6.07, 6.45) is 1.64. The van der Waals surface area contributed by atoms with Crippen molar-refractivity contribution < 1.29 is 9.52 Å². The fraction of sp³-hybridized carbons (Fsp3) is 0.636. The maximum absolute atomic E-state index is 9.29. The summed E-state index contributed by atoms with van der Waals surface area (Å²) in [4.78, 5) is 2.03. The van der Waals surface area contributed by atoms with Gasteiger partial charge in [0.1, 0.15) is 5.76 Å². The van der Waals surface area contributed by atoms with E-state index in [4.69, 9.17) is 10.2 Å². The molecule has 0 fully saturated rings. The van der Waals surface area contributed by atoms with Gasteiger partial charge in [0.25, 0.3) is 0 Å². The first-order valence-corrected chi connectivity index (χ1v) is 5.10. The number of hydrogen-bond donors (Lipinski definition) is 2. The van der Waals surface area contributed by atoms with Gasteiger partial charge in [-0.25, -0.2) is 0 Å². The molecule has 0 bridgehead atoms. The highest BCUT2D eigenvalue weighted by Gasteiger charge is 2.30. The fourth-order valence-corrected chi connectivity index (χ4v) is 1.48. The van der Waals surface area contributed by atoms with Crippen LogP contribution in [0.2, 0.25) is 0 Å². The second kappa shape index (κ2) is 4.79. The first kappa shape index (κ1) is 12.2.